The number of hydrogen-bond donors (Lipinski definition) is 2. The monoisotopic (exact) mass is 540 g/mol. The molecule has 0 saturated carbocycles. The Balaban J connectivity index is 0.00000341. The molecule has 0 radical (unpaired) electrons. The number of hydrogen-bond acceptors (Lipinski definition) is 4. The van der Waals surface area contributed by atoms with Crippen LogP contribution >= 0.6 is 24.0 Å². The molecule has 1 aromatic heterocycles. The molecular weight excluding hydrogens is 503 g/mol. The highest BCUT2D eigenvalue weighted by atomic mass is 127. The molecule has 8 heteroatoms. The largest absolute Gasteiger partial charge is 0.488 e. The average Bonchev–Trinajstić information content (AvgIpc) is 3.13. The fourth-order valence-corrected chi connectivity index (χ4v) is 3.64. The summed E-state index contributed by atoms with van der Waals surface area (Å²) in [6.07, 6.45) is 6.29. The van der Waals surface area contributed by atoms with Crippen molar-refractivity contribution in [3.63, 3.8) is 0 Å². The second kappa shape index (κ2) is 11.6. The van der Waals surface area contributed by atoms with Crippen molar-refractivity contribution in [3.05, 3.63) is 42.2 Å². The standard InChI is InChI=1S/C23H36N6O.HI/c1-6-24-22(25-14-18-10-7-8-12-21(18)30-23(2,3)4)27-19-11-9-13-29(16-19)20-15-26-28(5)17-20;/h7-8,10,12,15,17,19H,6,9,11,13-14,16H2,1-5H3,(H2,24,25,27);1H. The molecule has 1 aliphatic heterocycles. The Morgan fingerprint density at radius 3 is 2.74 bits per heavy atom. The number of piperidine rings is 1. The minimum atomic E-state index is -0.236. The highest BCUT2D eigenvalue weighted by molar-refractivity contribution is 14.0. The van der Waals surface area contributed by atoms with Gasteiger partial charge in [0.25, 0.3) is 0 Å². The molecule has 7 nitrogen and oxygen atoms in total. The highest BCUT2D eigenvalue weighted by Gasteiger charge is 2.22. The summed E-state index contributed by atoms with van der Waals surface area (Å²) in [7, 11) is 1.96. The first-order chi connectivity index (χ1) is 14.3. The molecule has 31 heavy (non-hydrogen) atoms. The number of ether oxygens (including phenoxy) is 1. The van der Waals surface area contributed by atoms with Crippen molar-refractivity contribution >= 4 is 35.6 Å². The zero-order chi connectivity index (χ0) is 21.6. The number of anilines is 1. The fraction of sp³-hybridized carbons (Fsp3) is 0.565. The molecule has 1 atom stereocenters. The minimum absolute atomic E-state index is 0. The van der Waals surface area contributed by atoms with Crippen molar-refractivity contribution in [2.45, 2.75) is 58.7 Å². The molecule has 0 aliphatic carbocycles. The lowest BCUT2D eigenvalue weighted by Gasteiger charge is -2.34. The normalized spacial score (nSPS) is 17.1. The lowest BCUT2D eigenvalue weighted by Crippen LogP contribution is -2.51. The maximum absolute atomic E-state index is 6.12. The third kappa shape index (κ3) is 7.90. The number of para-hydroxylation sites is 1. The van der Waals surface area contributed by atoms with Gasteiger partial charge in [0.1, 0.15) is 11.4 Å². The molecule has 0 spiro atoms. The average molecular weight is 540 g/mol. The fourth-order valence-electron chi connectivity index (χ4n) is 3.64. The van der Waals surface area contributed by atoms with Gasteiger partial charge in [-0.2, -0.15) is 5.10 Å². The van der Waals surface area contributed by atoms with Crippen molar-refractivity contribution in [1.29, 1.82) is 0 Å². The Labute approximate surface area is 203 Å². The number of aromatic nitrogens is 2. The van der Waals surface area contributed by atoms with Crippen LogP contribution in [0.15, 0.2) is 41.7 Å². The van der Waals surface area contributed by atoms with Crippen LogP contribution in [-0.2, 0) is 13.6 Å². The van der Waals surface area contributed by atoms with Crippen LogP contribution < -0.4 is 20.3 Å². The summed E-state index contributed by atoms with van der Waals surface area (Å²) >= 11 is 0. The second-order valence-corrected chi connectivity index (χ2v) is 8.82. The van der Waals surface area contributed by atoms with Crippen LogP contribution in [0.25, 0.3) is 0 Å². The van der Waals surface area contributed by atoms with Crippen LogP contribution in [0.5, 0.6) is 5.75 Å². The Bertz CT molecular complexity index is 845. The lowest BCUT2D eigenvalue weighted by molar-refractivity contribution is 0.129. The van der Waals surface area contributed by atoms with Crippen molar-refractivity contribution in [3.8, 4) is 5.75 Å². The van der Waals surface area contributed by atoms with Gasteiger partial charge in [-0.25, -0.2) is 4.99 Å². The predicted molar refractivity (Wildman–Crippen MR) is 139 cm³/mol. The van der Waals surface area contributed by atoms with Crippen molar-refractivity contribution in [2.24, 2.45) is 12.0 Å². The van der Waals surface area contributed by atoms with Crippen LogP contribution in [0, 0.1) is 0 Å². The number of nitrogens with zero attached hydrogens (tertiary/aromatic N) is 4. The molecule has 0 bridgehead atoms. The van der Waals surface area contributed by atoms with Gasteiger partial charge in [0, 0.05) is 44.5 Å². The van der Waals surface area contributed by atoms with E-state index in [2.05, 4.69) is 60.6 Å². The molecule has 172 valence electrons. The van der Waals surface area contributed by atoms with E-state index < -0.39 is 0 Å². The van der Waals surface area contributed by atoms with Gasteiger partial charge in [0.15, 0.2) is 5.96 Å². The van der Waals surface area contributed by atoms with Gasteiger partial charge in [0.2, 0.25) is 0 Å². The van der Waals surface area contributed by atoms with Gasteiger partial charge in [-0.1, -0.05) is 18.2 Å². The number of halogens is 1. The second-order valence-electron chi connectivity index (χ2n) is 8.82. The van der Waals surface area contributed by atoms with Crippen LogP contribution in [0.1, 0.15) is 46.1 Å². The van der Waals surface area contributed by atoms with Crippen molar-refractivity contribution < 1.29 is 4.74 Å². The summed E-state index contributed by atoms with van der Waals surface area (Å²) in [6, 6.07) is 8.49. The molecule has 2 heterocycles. The van der Waals surface area contributed by atoms with Gasteiger partial charge in [-0.05, 0) is 46.6 Å². The van der Waals surface area contributed by atoms with E-state index in [1.807, 2.05) is 36.1 Å². The van der Waals surface area contributed by atoms with Gasteiger partial charge in [0.05, 0.1) is 18.4 Å². The summed E-state index contributed by atoms with van der Waals surface area (Å²) in [5.74, 6) is 1.74. The molecule has 0 amide bonds. The van der Waals surface area contributed by atoms with E-state index in [4.69, 9.17) is 9.73 Å². The van der Waals surface area contributed by atoms with E-state index in [0.29, 0.717) is 12.6 Å². The van der Waals surface area contributed by atoms with Crippen molar-refractivity contribution in [2.75, 3.05) is 24.5 Å². The first-order valence-electron chi connectivity index (χ1n) is 10.9. The molecule has 1 unspecified atom stereocenters. The molecule has 2 aromatic rings. The molecule has 3 rings (SSSR count). The zero-order valence-electron chi connectivity index (χ0n) is 19.4. The number of benzene rings is 1. The molecule has 1 fully saturated rings. The number of nitrogens with one attached hydrogen (secondary N) is 2. The van der Waals surface area contributed by atoms with E-state index >= 15 is 0 Å². The smallest absolute Gasteiger partial charge is 0.191 e. The predicted octanol–water partition coefficient (Wildman–Crippen LogP) is 3.94. The minimum Gasteiger partial charge on any atom is -0.488 e. The van der Waals surface area contributed by atoms with Gasteiger partial charge >= 0.3 is 0 Å². The number of aliphatic imine (C=N–C) groups is 1. The van der Waals surface area contributed by atoms with Gasteiger partial charge in [-0.3, -0.25) is 4.68 Å². The van der Waals surface area contributed by atoms with Crippen LogP contribution in [0.3, 0.4) is 0 Å². The van der Waals surface area contributed by atoms with Gasteiger partial charge < -0.3 is 20.3 Å². The maximum atomic E-state index is 6.12. The lowest BCUT2D eigenvalue weighted by atomic mass is 10.1. The summed E-state index contributed by atoms with van der Waals surface area (Å²) in [5.41, 5.74) is 2.03. The van der Waals surface area contributed by atoms with E-state index in [-0.39, 0.29) is 29.6 Å². The Kier molecular flexibility index (Phi) is 9.46. The zero-order valence-corrected chi connectivity index (χ0v) is 21.7. The quantitative estimate of drug-likeness (QED) is 0.330. The third-order valence-corrected chi connectivity index (χ3v) is 4.96. The summed E-state index contributed by atoms with van der Waals surface area (Å²) in [4.78, 5) is 7.24. The van der Waals surface area contributed by atoms with E-state index in [9.17, 15) is 0 Å². The van der Waals surface area contributed by atoms with Crippen LogP contribution in [0.4, 0.5) is 5.69 Å². The number of aryl methyl sites for hydroxylation is 1. The molecular formula is C23H37IN6O. The molecule has 1 aliphatic rings. The molecule has 1 aromatic carbocycles. The SMILES string of the molecule is CCNC(=NCc1ccccc1OC(C)(C)C)NC1CCCN(c2cnn(C)c2)C1.I. The Hall–Kier alpha value is -1.97. The van der Waals surface area contributed by atoms with Crippen LogP contribution in [0.2, 0.25) is 0 Å². The summed E-state index contributed by atoms with van der Waals surface area (Å²) in [5, 5.41) is 11.3. The Morgan fingerprint density at radius 1 is 1.29 bits per heavy atom. The summed E-state index contributed by atoms with van der Waals surface area (Å²) in [6.45, 7) is 11.7. The van der Waals surface area contributed by atoms with E-state index in [0.717, 1.165) is 49.7 Å². The van der Waals surface area contributed by atoms with E-state index in [1.54, 1.807) is 0 Å². The Morgan fingerprint density at radius 2 is 2.06 bits per heavy atom. The molecule has 2 N–H and O–H groups in total. The molecule has 1 saturated heterocycles. The highest BCUT2D eigenvalue weighted by Crippen LogP contribution is 2.24. The topological polar surface area (TPSA) is 66.7 Å². The number of rotatable bonds is 6. The van der Waals surface area contributed by atoms with E-state index in [1.165, 1.54) is 5.69 Å². The first-order valence-corrected chi connectivity index (χ1v) is 10.9. The summed E-state index contributed by atoms with van der Waals surface area (Å²) < 4.78 is 7.97. The third-order valence-electron chi connectivity index (χ3n) is 4.96. The maximum Gasteiger partial charge on any atom is 0.191 e. The van der Waals surface area contributed by atoms with Gasteiger partial charge in [-0.15, -0.1) is 24.0 Å². The first kappa shape index (κ1) is 25.3. The van der Waals surface area contributed by atoms with Crippen molar-refractivity contribution in [1.82, 2.24) is 20.4 Å². The van der Waals surface area contributed by atoms with Crippen LogP contribution in [-0.4, -0.2) is 47.0 Å². The number of guanidine groups is 1.